The van der Waals surface area contributed by atoms with Crippen LogP contribution in [0.4, 0.5) is 5.82 Å². The largest absolute Gasteiger partial charge is 0.490 e. The Labute approximate surface area is 107 Å². The molecule has 0 radical (unpaired) electrons. The van der Waals surface area contributed by atoms with Gasteiger partial charge < -0.3 is 10.1 Å². The average Bonchev–Trinajstić information content (AvgIpc) is 2.42. The van der Waals surface area contributed by atoms with Crippen LogP contribution in [0.1, 0.15) is 25.5 Å². The minimum atomic E-state index is 0.132. The van der Waals surface area contributed by atoms with Crippen LogP contribution in [0.15, 0.2) is 42.9 Å². The quantitative estimate of drug-likeness (QED) is 0.876. The summed E-state index contributed by atoms with van der Waals surface area (Å²) in [6.45, 7) is 4.66. The third-order valence-corrected chi connectivity index (χ3v) is 2.61. The summed E-state index contributed by atoms with van der Waals surface area (Å²) < 4.78 is 5.53. The zero-order valence-electron chi connectivity index (χ0n) is 10.6. The van der Waals surface area contributed by atoms with Crippen LogP contribution in [0.3, 0.4) is 0 Å². The molecule has 2 aromatic rings. The van der Waals surface area contributed by atoms with Crippen LogP contribution in [0.2, 0.25) is 0 Å². The Balaban J connectivity index is 2.14. The molecule has 0 fully saturated rings. The molecule has 0 saturated carbocycles. The number of nitrogens with zero attached hydrogens (tertiary/aromatic N) is 2. The maximum Gasteiger partial charge on any atom is 0.169 e. The SMILES string of the molecule is CCOc1cccnc1NC(C)c1cccnc1. The Kier molecular flexibility index (Phi) is 4.12. The van der Waals surface area contributed by atoms with E-state index < -0.39 is 0 Å². The first-order valence-electron chi connectivity index (χ1n) is 6.05. The Bertz CT molecular complexity index is 487. The molecular weight excluding hydrogens is 226 g/mol. The highest BCUT2D eigenvalue weighted by atomic mass is 16.5. The molecule has 0 aliphatic carbocycles. The fourth-order valence-corrected chi connectivity index (χ4v) is 1.69. The highest BCUT2D eigenvalue weighted by Crippen LogP contribution is 2.25. The van der Waals surface area contributed by atoms with Crippen LogP contribution >= 0.6 is 0 Å². The average molecular weight is 243 g/mol. The van der Waals surface area contributed by atoms with Gasteiger partial charge in [-0.2, -0.15) is 0 Å². The molecule has 0 aliphatic rings. The van der Waals surface area contributed by atoms with Crippen molar-refractivity contribution in [2.75, 3.05) is 11.9 Å². The lowest BCUT2D eigenvalue weighted by Gasteiger charge is -2.16. The van der Waals surface area contributed by atoms with Gasteiger partial charge in [0.25, 0.3) is 0 Å². The van der Waals surface area contributed by atoms with Gasteiger partial charge in [-0.25, -0.2) is 4.98 Å². The number of hydrogen-bond donors (Lipinski definition) is 1. The molecule has 0 spiro atoms. The Morgan fingerprint density at radius 3 is 2.83 bits per heavy atom. The van der Waals surface area contributed by atoms with Gasteiger partial charge in [-0.05, 0) is 37.6 Å². The number of aromatic nitrogens is 2. The van der Waals surface area contributed by atoms with E-state index in [4.69, 9.17) is 4.74 Å². The van der Waals surface area contributed by atoms with Crippen LogP contribution in [-0.2, 0) is 0 Å². The summed E-state index contributed by atoms with van der Waals surface area (Å²) >= 11 is 0. The van der Waals surface area contributed by atoms with Crippen LogP contribution in [-0.4, -0.2) is 16.6 Å². The monoisotopic (exact) mass is 243 g/mol. The lowest BCUT2D eigenvalue weighted by atomic mass is 10.1. The molecule has 0 saturated heterocycles. The summed E-state index contributed by atoms with van der Waals surface area (Å²) in [5.74, 6) is 1.53. The van der Waals surface area contributed by atoms with Gasteiger partial charge in [0.1, 0.15) is 0 Å². The maximum atomic E-state index is 5.53. The molecular formula is C14H17N3O. The van der Waals surface area contributed by atoms with E-state index in [9.17, 15) is 0 Å². The van der Waals surface area contributed by atoms with E-state index in [0.717, 1.165) is 17.1 Å². The van der Waals surface area contributed by atoms with Crippen molar-refractivity contribution in [3.63, 3.8) is 0 Å². The van der Waals surface area contributed by atoms with Crippen LogP contribution in [0, 0.1) is 0 Å². The topological polar surface area (TPSA) is 47.0 Å². The summed E-state index contributed by atoms with van der Waals surface area (Å²) in [4.78, 5) is 8.42. The number of nitrogens with one attached hydrogen (secondary N) is 1. The van der Waals surface area contributed by atoms with Gasteiger partial charge in [-0.1, -0.05) is 6.07 Å². The lowest BCUT2D eigenvalue weighted by molar-refractivity contribution is 0.340. The fraction of sp³-hybridized carbons (Fsp3) is 0.286. The van der Waals surface area contributed by atoms with Gasteiger partial charge in [0.05, 0.1) is 12.6 Å². The summed E-state index contributed by atoms with van der Waals surface area (Å²) in [5, 5.41) is 3.34. The van der Waals surface area contributed by atoms with Crippen molar-refractivity contribution >= 4 is 5.82 Å². The number of hydrogen-bond acceptors (Lipinski definition) is 4. The Hall–Kier alpha value is -2.10. The van der Waals surface area contributed by atoms with Crippen molar-refractivity contribution in [1.29, 1.82) is 0 Å². The number of rotatable bonds is 5. The van der Waals surface area contributed by atoms with Crippen LogP contribution < -0.4 is 10.1 Å². The Morgan fingerprint density at radius 2 is 2.11 bits per heavy atom. The summed E-state index contributed by atoms with van der Waals surface area (Å²) in [5.41, 5.74) is 1.12. The van der Waals surface area contributed by atoms with Gasteiger partial charge in [0.15, 0.2) is 11.6 Å². The third-order valence-electron chi connectivity index (χ3n) is 2.61. The van der Waals surface area contributed by atoms with Gasteiger partial charge in [-0.3, -0.25) is 4.98 Å². The Morgan fingerprint density at radius 1 is 1.28 bits per heavy atom. The molecule has 94 valence electrons. The second kappa shape index (κ2) is 6.00. The molecule has 1 atom stereocenters. The van der Waals surface area contributed by atoms with Gasteiger partial charge >= 0.3 is 0 Å². The molecule has 18 heavy (non-hydrogen) atoms. The van der Waals surface area contributed by atoms with E-state index in [-0.39, 0.29) is 6.04 Å². The number of pyridine rings is 2. The molecule has 4 heteroatoms. The maximum absolute atomic E-state index is 5.53. The number of anilines is 1. The molecule has 2 rings (SSSR count). The first kappa shape index (κ1) is 12.4. The standard InChI is InChI=1S/C14H17N3O/c1-3-18-13-7-5-9-16-14(13)17-11(2)12-6-4-8-15-10-12/h4-11H,3H2,1-2H3,(H,16,17). The molecule has 0 amide bonds. The minimum Gasteiger partial charge on any atom is -0.490 e. The van der Waals surface area contributed by atoms with Gasteiger partial charge in [0.2, 0.25) is 0 Å². The van der Waals surface area contributed by atoms with E-state index in [2.05, 4.69) is 22.2 Å². The first-order chi connectivity index (χ1) is 8.81. The molecule has 4 nitrogen and oxygen atoms in total. The molecule has 0 aliphatic heterocycles. The second-order valence-electron chi connectivity index (χ2n) is 3.94. The van der Waals surface area contributed by atoms with Gasteiger partial charge in [-0.15, -0.1) is 0 Å². The smallest absolute Gasteiger partial charge is 0.169 e. The highest BCUT2D eigenvalue weighted by Gasteiger charge is 2.09. The van der Waals surface area contributed by atoms with Crippen molar-refractivity contribution in [1.82, 2.24) is 9.97 Å². The highest BCUT2D eigenvalue weighted by molar-refractivity contribution is 5.50. The van der Waals surface area contributed by atoms with E-state index in [1.807, 2.05) is 37.4 Å². The van der Waals surface area contributed by atoms with Crippen molar-refractivity contribution in [2.45, 2.75) is 19.9 Å². The second-order valence-corrected chi connectivity index (χ2v) is 3.94. The van der Waals surface area contributed by atoms with E-state index in [1.165, 1.54) is 0 Å². The predicted octanol–water partition coefficient (Wildman–Crippen LogP) is 3.05. The zero-order chi connectivity index (χ0) is 12.8. The van der Waals surface area contributed by atoms with E-state index >= 15 is 0 Å². The predicted molar refractivity (Wildman–Crippen MR) is 71.7 cm³/mol. The molecule has 0 bridgehead atoms. The van der Waals surface area contributed by atoms with Crippen molar-refractivity contribution in [3.8, 4) is 5.75 Å². The fourth-order valence-electron chi connectivity index (χ4n) is 1.69. The van der Waals surface area contributed by atoms with E-state index in [0.29, 0.717) is 6.61 Å². The van der Waals surface area contributed by atoms with Crippen LogP contribution in [0.5, 0.6) is 5.75 Å². The number of ether oxygens (including phenoxy) is 1. The molecule has 2 heterocycles. The molecule has 1 N–H and O–H groups in total. The summed E-state index contributed by atoms with van der Waals surface area (Å²) in [6.07, 6.45) is 5.37. The third kappa shape index (κ3) is 2.97. The molecule has 2 aromatic heterocycles. The van der Waals surface area contributed by atoms with Crippen molar-refractivity contribution in [2.24, 2.45) is 0 Å². The molecule has 1 unspecified atom stereocenters. The minimum absolute atomic E-state index is 0.132. The van der Waals surface area contributed by atoms with E-state index in [1.54, 1.807) is 12.4 Å². The van der Waals surface area contributed by atoms with Gasteiger partial charge in [0, 0.05) is 18.6 Å². The summed E-state index contributed by atoms with van der Waals surface area (Å²) in [7, 11) is 0. The van der Waals surface area contributed by atoms with Crippen LogP contribution in [0.25, 0.3) is 0 Å². The van der Waals surface area contributed by atoms with Crippen molar-refractivity contribution < 1.29 is 4.74 Å². The normalized spacial score (nSPS) is 11.9. The summed E-state index contributed by atoms with van der Waals surface area (Å²) in [6, 6.07) is 7.87. The first-order valence-corrected chi connectivity index (χ1v) is 6.05. The molecule has 0 aromatic carbocycles. The van der Waals surface area contributed by atoms with Crippen molar-refractivity contribution in [3.05, 3.63) is 48.4 Å². The lowest BCUT2D eigenvalue weighted by Crippen LogP contribution is -2.09. The zero-order valence-corrected chi connectivity index (χ0v) is 10.6.